The minimum atomic E-state index is 0.787. The molecule has 0 saturated carbocycles. The van der Waals surface area contributed by atoms with Crippen LogP contribution in [0, 0.1) is 6.92 Å². The standard InChI is InChI=1S/C8H13NO/c1-8-4-3-5-9(8)6-7-10-2/h3-5H,6-7H2,1-2H3. The lowest BCUT2D eigenvalue weighted by Crippen LogP contribution is -2.03. The number of ether oxygens (including phenoxy) is 1. The van der Waals surface area contributed by atoms with E-state index in [4.69, 9.17) is 4.74 Å². The van der Waals surface area contributed by atoms with Gasteiger partial charge in [0, 0.05) is 25.5 Å². The number of hydrogen-bond donors (Lipinski definition) is 0. The highest BCUT2D eigenvalue weighted by molar-refractivity contribution is 5.03. The van der Waals surface area contributed by atoms with Gasteiger partial charge < -0.3 is 9.30 Å². The zero-order valence-electron chi connectivity index (χ0n) is 6.50. The Labute approximate surface area is 61.4 Å². The van der Waals surface area contributed by atoms with E-state index in [1.807, 2.05) is 6.07 Å². The van der Waals surface area contributed by atoms with Gasteiger partial charge in [-0.3, -0.25) is 0 Å². The molecule has 0 aliphatic rings. The van der Waals surface area contributed by atoms with Crippen LogP contribution in [0.2, 0.25) is 0 Å². The zero-order valence-corrected chi connectivity index (χ0v) is 6.50. The predicted molar refractivity (Wildman–Crippen MR) is 41.0 cm³/mol. The Bertz CT molecular complexity index is 193. The fourth-order valence-corrected chi connectivity index (χ4v) is 0.940. The van der Waals surface area contributed by atoms with Gasteiger partial charge in [0.2, 0.25) is 0 Å². The van der Waals surface area contributed by atoms with Crippen molar-refractivity contribution in [1.29, 1.82) is 0 Å². The van der Waals surface area contributed by atoms with Crippen LogP contribution in [0.5, 0.6) is 0 Å². The van der Waals surface area contributed by atoms with Gasteiger partial charge in [0.1, 0.15) is 0 Å². The Morgan fingerprint density at radius 1 is 1.60 bits per heavy atom. The number of aromatic nitrogens is 1. The summed E-state index contributed by atoms with van der Waals surface area (Å²) in [5, 5.41) is 0. The summed E-state index contributed by atoms with van der Waals surface area (Å²) in [6, 6.07) is 4.14. The van der Waals surface area contributed by atoms with Crippen LogP contribution in [0.4, 0.5) is 0 Å². The van der Waals surface area contributed by atoms with Gasteiger partial charge in [0.25, 0.3) is 0 Å². The van der Waals surface area contributed by atoms with Crippen LogP contribution in [0.1, 0.15) is 5.69 Å². The average molecular weight is 139 g/mol. The summed E-state index contributed by atoms with van der Waals surface area (Å²) in [5.74, 6) is 0. The summed E-state index contributed by atoms with van der Waals surface area (Å²) >= 11 is 0. The maximum Gasteiger partial charge on any atom is 0.0641 e. The summed E-state index contributed by atoms with van der Waals surface area (Å²) in [4.78, 5) is 0. The monoisotopic (exact) mass is 139 g/mol. The van der Waals surface area contributed by atoms with Crippen LogP contribution in [-0.4, -0.2) is 18.3 Å². The van der Waals surface area contributed by atoms with Crippen LogP contribution >= 0.6 is 0 Å². The van der Waals surface area contributed by atoms with Gasteiger partial charge >= 0.3 is 0 Å². The molecule has 1 aromatic heterocycles. The highest BCUT2D eigenvalue weighted by Crippen LogP contribution is 1.98. The lowest BCUT2D eigenvalue weighted by molar-refractivity contribution is 0.187. The van der Waals surface area contributed by atoms with Crippen molar-refractivity contribution in [1.82, 2.24) is 4.57 Å². The Hall–Kier alpha value is -0.760. The molecule has 0 amide bonds. The molecular formula is C8H13NO. The summed E-state index contributed by atoms with van der Waals surface area (Å²) in [6.07, 6.45) is 2.06. The van der Waals surface area contributed by atoms with E-state index in [2.05, 4.69) is 23.8 Å². The van der Waals surface area contributed by atoms with Crippen LogP contribution in [0.3, 0.4) is 0 Å². The first kappa shape index (κ1) is 7.35. The smallest absolute Gasteiger partial charge is 0.0641 e. The highest BCUT2D eigenvalue weighted by atomic mass is 16.5. The maximum absolute atomic E-state index is 4.95. The van der Waals surface area contributed by atoms with Crippen molar-refractivity contribution < 1.29 is 4.74 Å². The third-order valence-electron chi connectivity index (χ3n) is 1.59. The molecule has 0 fully saturated rings. The van der Waals surface area contributed by atoms with Gasteiger partial charge in [0.05, 0.1) is 6.61 Å². The largest absolute Gasteiger partial charge is 0.383 e. The van der Waals surface area contributed by atoms with Gasteiger partial charge in [-0.25, -0.2) is 0 Å². The molecule has 0 unspecified atom stereocenters. The first-order valence-electron chi connectivity index (χ1n) is 3.45. The minimum Gasteiger partial charge on any atom is -0.383 e. The van der Waals surface area contributed by atoms with Gasteiger partial charge in [-0.05, 0) is 19.1 Å². The van der Waals surface area contributed by atoms with Crippen LogP contribution in [-0.2, 0) is 11.3 Å². The first-order valence-corrected chi connectivity index (χ1v) is 3.45. The van der Waals surface area contributed by atoms with E-state index < -0.39 is 0 Å². The number of aryl methyl sites for hydroxylation is 1. The zero-order chi connectivity index (χ0) is 7.40. The predicted octanol–water partition coefficient (Wildman–Crippen LogP) is 1.44. The minimum absolute atomic E-state index is 0.787. The fraction of sp³-hybridized carbons (Fsp3) is 0.500. The van der Waals surface area contributed by atoms with E-state index in [1.54, 1.807) is 7.11 Å². The summed E-state index contributed by atoms with van der Waals surface area (Å²) < 4.78 is 7.12. The second-order valence-corrected chi connectivity index (χ2v) is 2.34. The number of rotatable bonds is 3. The van der Waals surface area contributed by atoms with Crippen molar-refractivity contribution in [2.75, 3.05) is 13.7 Å². The molecule has 2 heteroatoms. The molecule has 1 aromatic rings. The third-order valence-corrected chi connectivity index (χ3v) is 1.59. The third kappa shape index (κ3) is 1.61. The van der Waals surface area contributed by atoms with E-state index in [1.165, 1.54) is 5.69 Å². The van der Waals surface area contributed by atoms with Crippen LogP contribution < -0.4 is 0 Å². The molecule has 1 heterocycles. The number of methoxy groups -OCH3 is 1. The maximum atomic E-state index is 4.95. The highest BCUT2D eigenvalue weighted by Gasteiger charge is 1.91. The molecule has 0 spiro atoms. The second-order valence-electron chi connectivity index (χ2n) is 2.34. The van der Waals surface area contributed by atoms with Crippen molar-refractivity contribution >= 4 is 0 Å². The van der Waals surface area contributed by atoms with Crippen molar-refractivity contribution in [2.45, 2.75) is 13.5 Å². The lowest BCUT2D eigenvalue weighted by atomic mass is 10.5. The fourth-order valence-electron chi connectivity index (χ4n) is 0.940. The molecule has 56 valence electrons. The molecule has 0 aliphatic carbocycles. The van der Waals surface area contributed by atoms with Crippen molar-refractivity contribution in [2.24, 2.45) is 0 Å². The second kappa shape index (κ2) is 3.42. The normalized spacial score (nSPS) is 10.2. The quantitative estimate of drug-likeness (QED) is 0.618. The molecule has 2 nitrogen and oxygen atoms in total. The van der Waals surface area contributed by atoms with E-state index in [-0.39, 0.29) is 0 Å². The molecule has 1 rings (SSSR count). The SMILES string of the molecule is COCCn1cccc1C. The van der Waals surface area contributed by atoms with Crippen LogP contribution in [0.25, 0.3) is 0 Å². The van der Waals surface area contributed by atoms with E-state index >= 15 is 0 Å². The molecule has 0 aromatic carbocycles. The molecule has 0 N–H and O–H groups in total. The lowest BCUT2D eigenvalue weighted by Gasteiger charge is -2.03. The first-order chi connectivity index (χ1) is 4.84. The molecular weight excluding hydrogens is 126 g/mol. The summed E-state index contributed by atoms with van der Waals surface area (Å²) in [6.45, 7) is 3.83. The molecule has 0 radical (unpaired) electrons. The molecule has 0 aliphatic heterocycles. The van der Waals surface area contributed by atoms with Gasteiger partial charge in [-0.15, -0.1) is 0 Å². The van der Waals surface area contributed by atoms with E-state index in [0.29, 0.717) is 0 Å². The van der Waals surface area contributed by atoms with Gasteiger partial charge in [-0.1, -0.05) is 0 Å². The Morgan fingerprint density at radius 2 is 2.40 bits per heavy atom. The average Bonchev–Trinajstić information content (AvgIpc) is 2.31. The molecule has 10 heavy (non-hydrogen) atoms. The number of hydrogen-bond acceptors (Lipinski definition) is 1. The topological polar surface area (TPSA) is 14.2 Å². The van der Waals surface area contributed by atoms with Crippen molar-refractivity contribution in [3.05, 3.63) is 24.0 Å². The molecule has 0 bridgehead atoms. The summed E-state index contributed by atoms with van der Waals surface area (Å²) in [7, 11) is 1.72. The Balaban J connectivity index is 2.49. The number of nitrogens with zero attached hydrogens (tertiary/aromatic N) is 1. The van der Waals surface area contributed by atoms with E-state index in [0.717, 1.165) is 13.2 Å². The van der Waals surface area contributed by atoms with Gasteiger partial charge in [-0.2, -0.15) is 0 Å². The van der Waals surface area contributed by atoms with Gasteiger partial charge in [0.15, 0.2) is 0 Å². The Morgan fingerprint density at radius 3 is 2.90 bits per heavy atom. The van der Waals surface area contributed by atoms with Crippen LogP contribution in [0.15, 0.2) is 18.3 Å². The van der Waals surface area contributed by atoms with E-state index in [9.17, 15) is 0 Å². The van der Waals surface area contributed by atoms with Crippen molar-refractivity contribution in [3.8, 4) is 0 Å². The Kier molecular flexibility index (Phi) is 2.51. The molecule has 0 saturated heterocycles. The summed E-state index contributed by atoms with van der Waals surface area (Å²) in [5.41, 5.74) is 1.29. The molecule has 0 atom stereocenters. The van der Waals surface area contributed by atoms with Crippen molar-refractivity contribution in [3.63, 3.8) is 0 Å².